The monoisotopic (exact) mass is 291 g/mol. The predicted octanol–water partition coefficient (Wildman–Crippen LogP) is 3.41. The molecule has 0 aromatic heterocycles. The van der Waals surface area contributed by atoms with Gasteiger partial charge in [-0.25, -0.2) is 4.39 Å². The minimum absolute atomic E-state index is 0.0270. The van der Waals surface area contributed by atoms with Crippen molar-refractivity contribution in [2.75, 3.05) is 6.54 Å². The van der Waals surface area contributed by atoms with E-state index in [0.717, 1.165) is 12.0 Å². The van der Waals surface area contributed by atoms with Gasteiger partial charge in [-0.05, 0) is 36.2 Å². The third-order valence-corrected chi connectivity index (χ3v) is 3.31. The highest BCUT2D eigenvalue weighted by molar-refractivity contribution is 6.30. The summed E-state index contributed by atoms with van der Waals surface area (Å²) in [6.45, 7) is 0.573. The van der Waals surface area contributed by atoms with Gasteiger partial charge >= 0.3 is 0 Å². The Hall–Kier alpha value is -1.71. The van der Waals surface area contributed by atoms with Gasteiger partial charge in [0.2, 0.25) is 0 Å². The van der Waals surface area contributed by atoms with Gasteiger partial charge in [0.05, 0.1) is 0 Å². The van der Waals surface area contributed by atoms with Crippen LogP contribution in [0.5, 0.6) is 0 Å². The first kappa shape index (κ1) is 14.7. The van der Waals surface area contributed by atoms with Crippen molar-refractivity contribution < 1.29 is 9.18 Å². The standard InChI is InChI=1S/C16H15ClFNO/c17-14-6-5-13(15(18)10-14)9-16(20)12-3-1-11(2-4-12)7-8-19/h1-6,10H,7-9,19H2. The highest BCUT2D eigenvalue weighted by Crippen LogP contribution is 2.17. The second-order valence-electron chi connectivity index (χ2n) is 4.57. The summed E-state index contributed by atoms with van der Waals surface area (Å²) in [4.78, 5) is 12.1. The zero-order chi connectivity index (χ0) is 14.5. The van der Waals surface area contributed by atoms with Crippen LogP contribution in [0.1, 0.15) is 21.5 Å². The number of benzene rings is 2. The lowest BCUT2D eigenvalue weighted by atomic mass is 10.0. The van der Waals surface area contributed by atoms with Crippen molar-refractivity contribution in [3.63, 3.8) is 0 Å². The molecule has 0 radical (unpaired) electrons. The van der Waals surface area contributed by atoms with E-state index < -0.39 is 5.82 Å². The Bertz CT molecular complexity index is 610. The highest BCUT2D eigenvalue weighted by atomic mass is 35.5. The van der Waals surface area contributed by atoms with Gasteiger partial charge in [0, 0.05) is 17.0 Å². The minimum atomic E-state index is -0.453. The first-order valence-corrected chi connectivity index (χ1v) is 6.74. The quantitative estimate of drug-likeness (QED) is 0.858. The Kier molecular flexibility index (Phi) is 4.88. The maximum absolute atomic E-state index is 13.6. The summed E-state index contributed by atoms with van der Waals surface area (Å²) in [5.41, 5.74) is 7.48. The number of carbonyl (C=O) groups is 1. The Morgan fingerprint density at radius 1 is 1.15 bits per heavy atom. The second kappa shape index (κ2) is 6.64. The molecular weight excluding hydrogens is 277 g/mol. The van der Waals surface area contributed by atoms with Crippen molar-refractivity contribution in [3.05, 3.63) is 70.0 Å². The van der Waals surface area contributed by atoms with Crippen molar-refractivity contribution in [2.24, 2.45) is 5.73 Å². The van der Waals surface area contributed by atoms with Gasteiger partial charge in [0.15, 0.2) is 5.78 Å². The Labute approximate surface area is 122 Å². The zero-order valence-electron chi connectivity index (χ0n) is 10.9. The van der Waals surface area contributed by atoms with E-state index in [-0.39, 0.29) is 12.2 Å². The summed E-state index contributed by atoms with van der Waals surface area (Å²) in [5.74, 6) is -0.573. The summed E-state index contributed by atoms with van der Waals surface area (Å²) in [5, 5.41) is 0.324. The average molecular weight is 292 g/mol. The second-order valence-corrected chi connectivity index (χ2v) is 5.01. The first-order valence-electron chi connectivity index (χ1n) is 6.36. The van der Waals surface area contributed by atoms with Crippen LogP contribution in [-0.2, 0) is 12.8 Å². The summed E-state index contributed by atoms with van der Waals surface area (Å²) < 4.78 is 13.6. The van der Waals surface area contributed by atoms with Crippen LogP contribution in [0.3, 0.4) is 0 Å². The molecule has 0 fully saturated rings. The van der Waals surface area contributed by atoms with E-state index in [1.54, 1.807) is 24.3 Å². The van der Waals surface area contributed by atoms with Gasteiger partial charge in [-0.2, -0.15) is 0 Å². The van der Waals surface area contributed by atoms with Gasteiger partial charge in [-0.1, -0.05) is 41.9 Å². The molecule has 2 aromatic carbocycles. The Morgan fingerprint density at radius 3 is 2.45 bits per heavy atom. The van der Waals surface area contributed by atoms with Gasteiger partial charge in [0.25, 0.3) is 0 Å². The summed E-state index contributed by atoms with van der Waals surface area (Å²) in [7, 11) is 0. The number of nitrogens with two attached hydrogens (primary N) is 1. The number of Topliss-reactive ketones (excluding diaryl/α,β-unsaturated/α-hetero) is 1. The van der Waals surface area contributed by atoms with Crippen LogP contribution in [-0.4, -0.2) is 12.3 Å². The fraction of sp³-hybridized carbons (Fsp3) is 0.188. The van der Waals surface area contributed by atoms with E-state index in [9.17, 15) is 9.18 Å². The molecule has 20 heavy (non-hydrogen) atoms. The maximum atomic E-state index is 13.6. The van der Waals surface area contributed by atoms with E-state index in [0.29, 0.717) is 22.7 Å². The van der Waals surface area contributed by atoms with E-state index in [1.807, 2.05) is 12.1 Å². The molecule has 0 spiro atoms. The molecule has 0 saturated carbocycles. The third kappa shape index (κ3) is 3.65. The molecule has 0 saturated heterocycles. The van der Waals surface area contributed by atoms with Crippen LogP contribution in [0.25, 0.3) is 0 Å². The average Bonchev–Trinajstić information content (AvgIpc) is 2.43. The molecule has 2 nitrogen and oxygen atoms in total. The number of carbonyl (C=O) groups excluding carboxylic acids is 1. The van der Waals surface area contributed by atoms with Crippen LogP contribution in [0.4, 0.5) is 4.39 Å². The fourth-order valence-electron chi connectivity index (χ4n) is 1.96. The molecule has 0 aliphatic heterocycles. The molecule has 2 aromatic rings. The lowest BCUT2D eigenvalue weighted by Crippen LogP contribution is -2.06. The van der Waals surface area contributed by atoms with E-state index in [4.69, 9.17) is 17.3 Å². The SMILES string of the molecule is NCCc1ccc(C(=O)Cc2ccc(Cl)cc2F)cc1. The Morgan fingerprint density at radius 2 is 1.85 bits per heavy atom. The van der Waals surface area contributed by atoms with Gasteiger partial charge in [-0.15, -0.1) is 0 Å². The molecule has 0 aliphatic carbocycles. The van der Waals surface area contributed by atoms with Crippen molar-refractivity contribution in [2.45, 2.75) is 12.8 Å². The molecule has 4 heteroatoms. The number of ketones is 1. The largest absolute Gasteiger partial charge is 0.330 e. The van der Waals surface area contributed by atoms with E-state index >= 15 is 0 Å². The van der Waals surface area contributed by atoms with Crippen LogP contribution in [0, 0.1) is 5.82 Å². The van der Waals surface area contributed by atoms with Crippen LogP contribution >= 0.6 is 11.6 Å². The fourth-order valence-corrected chi connectivity index (χ4v) is 2.12. The summed E-state index contributed by atoms with van der Waals surface area (Å²) in [6, 6.07) is 11.6. The number of hydrogen-bond donors (Lipinski definition) is 1. The Balaban J connectivity index is 2.11. The first-order chi connectivity index (χ1) is 9.60. The zero-order valence-corrected chi connectivity index (χ0v) is 11.7. The lowest BCUT2D eigenvalue weighted by molar-refractivity contribution is 0.0992. The minimum Gasteiger partial charge on any atom is -0.330 e. The lowest BCUT2D eigenvalue weighted by Gasteiger charge is -2.05. The van der Waals surface area contributed by atoms with Gasteiger partial charge in [-0.3, -0.25) is 4.79 Å². The number of hydrogen-bond acceptors (Lipinski definition) is 2. The van der Waals surface area contributed by atoms with Crippen molar-refractivity contribution >= 4 is 17.4 Å². The van der Waals surface area contributed by atoms with Crippen LogP contribution in [0.15, 0.2) is 42.5 Å². The smallest absolute Gasteiger partial charge is 0.167 e. The van der Waals surface area contributed by atoms with E-state index in [1.165, 1.54) is 6.07 Å². The molecule has 0 amide bonds. The van der Waals surface area contributed by atoms with Crippen LogP contribution < -0.4 is 5.73 Å². The molecule has 0 unspecified atom stereocenters. The molecule has 0 heterocycles. The molecule has 104 valence electrons. The van der Waals surface area contributed by atoms with Crippen molar-refractivity contribution in [1.82, 2.24) is 0 Å². The summed E-state index contributed by atoms with van der Waals surface area (Å²) in [6.07, 6.45) is 0.805. The van der Waals surface area contributed by atoms with Gasteiger partial charge < -0.3 is 5.73 Å². The van der Waals surface area contributed by atoms with Crippen molar-refractivity contribution in [3.8, 4) is 0 Å². The molecular formula is C16H15ClFNO. The third-order valence-electron chi connectivity index (χ3n) is 3.08. The van der Waals surface area contributed by atoms with Crippen LogP contribution in [0.2, 0.25) is 5.02 Å². The van der Waals surface area contributed by atoms with Crippen molar-refractivity contribution in [1.29, 1.82) is 0 Å². The predicted molar refractivity (Wildman–Crippen MR) is 78.6 cm³/mol. The highest BCUT2D eigenvalue weighted by Gasteiger charge is 2.11. The van der Waals surface area contributed by atoms with Gasteiger partial charge in [0.1, 0.15) is 5.82 Å². The van der Waals surface area contributed by atoms with E-state index in [2.05, 4.69) is 0 Å². The number of halogens is 2. The maximum Gasteiger partial charge on any atom is 0.167 e. The normalized spacial score (nSPS) is 10.6. The molecule has 0 bridgehead atoms. The topological polar surface area (TPSA) is 43.1 Å². The number of rotatable bonds is 5. The molecule has 0 atom stereocenters. The molecule has 2 rings (SSSR count). The summed E-state index contributed by atoms with van der Waals surface area (Å²) >= 11 is 5.68. The molecule has 2 N–H and O–H groups in total. The molecule has 0 aliphatic rings.